The Morgan fingerprint density at radius 1 is 0.425 bits per heavy atom. The van der Waals surface area contributed by atoms with Crippen LogP contribution in [-0.4, -0.2) is 222 Å². The van der Waals surface area contributed by atoms with Crippen molar-refractivity contribution in [2.24, 2.45) is 0 Å². The molecular formula is C96H114B3Br6Cl3N10O16. The molecule has 0 bridgehead atoms. The van der Waals surface area contributed by atoms with Crippen molar-refractivity contribution < 1.29 is 77.5 Å². The van der Waals surface area contributed by atoms with Crippen molar-refractivity contribution in [1.82, 2.24) is 39.5 Å². The van der Waals surface area contributed by atoms with Crippen molar-refractivity contribution in [3.05, 3.63) is 251 Å². The number of carboxylic acid groups (broad SMARTS) is 1. The van der Waals surface area contributed by atoms with E-state index < -0.39 is 72.4 Å². The molecule has 6 atom stereocenters. The normalized spacial score (nSPS) is 21.7. The summed E-state index contributed by atoms with van der Waals surface area (Å²) in [5.74, 6) is -2.01. The number of carbonyl (C=O) groups is 8. The Kier molecular flexibility index (Phi) is 40.7. The van der Waals surface area contributed by atoms with E-state index in [4.69, 9.17) is 53.8 Å². The monoisotopic (exact) mass is 2270 g/mol. The van der Waals surface area contributed by atoms with Gasteiger partial charge in [-0.25, -0.2) is 29.3 Å². The molecule has 9 heterocycles. The number of aliphatic carboxylic acids is 1. The van der Waals surface area contributed by atoms with Crippen LogP contribution in [0.3, 0.4) is 0 Å². The van der Waals surface area contributed by atoms with Crippen molar-refractivity contribution in [3.8, 4) is 0 Å². The molecule has 716 valence electrons. The number of pyridine rings is 2. The molecule has 5 amide bonds. The molecule has 0 spiro atoms. The van der Waals surface area contributed by atoms with Crippen LogP contribution in [0, 0.1) is 6.92 Å². The van der Waals surface area contributed by atoms with Crippen molar-refractivity contribution in [3.63, 3.8) is 0 Å². The number of rotatable bonds is 26. The van der Waals surface area contributed by atoms with Crippen LogP contribution in [0.1, 0.15) is 144 Å². The van der Waals surface area contributed by atoms with E-state index in [0.717, 1.165) is 105 Å². The van der Waals surface area contributed by atoms with Crippen LogP contribution in [0.15, 0.2) is 197 Å². The molecule has 2 aromatic heterocycles. The van der Waals surface area contributed by atoms with Crippen molar-refractivity contribution in [1.29, 1.82) is 0 Å². The zero-order valence-electron chi connectivity index (χ0n) is 76.4. The highest BCUT2D eigenvalue weighted by atomic mass is 79.9. The first-order chi connectivity index (χ1) is 63.8. The van der Waals surface area contributed by atoms with Gasteiger partial charge >= 0.3 is 63.1 Å². The van der Waals surface area contributed by atoms with E-state index in [1.165, 1.54) is 17.0 Å². The summed E-state index contributed by atoms with van der Waals surface area (Å²) in [7, 11) is -2.06. The topological polar surface area (TPSA) is 324 Å². The maximum Gasteiger partial charge on any atom is 0.377 e. The number of amides is 5. The Balaban J connectivity index is 0.000000168. The Hall–Kier alpha value is -7.16. The first kappa shape index (κ1) is 109. The number of nitrogens with zero attached hydrogens (tertiary/aromatic N) is 8. The van der Waals surface area contributed by atoms with Crippen molar-refractivity contribution in [2.45, 2.75) is 204 Å². The van der Waals surface area contributed by atoms with Crippen LogP contribution < -0.4 is 15.5 Å². The molecule has 15 rings (SSSR count). The number of hydrogen-bond donors (Lipinski definition) is 6. The molecule has 7 fully saturated rings. The Labute approximate surface area is 851 Å². The van der Waals surface area contributed by atoms with E-state index >= 15 is 0 Å². The number of aryl methyl sites for hydroxylation is 1. The highest BCUT2D eigenvalue weighted by Gasteiger charge is 2.61. The molecule has 26 nitrogen and oxygen atoms in total. The number of nitrogens with one attached hydrogen (secondary N) is 2. The second-order valence-electron chi connectivity index (χ2n) is 34.2. The molecular weight excluding hydrogens is 2170 g/mol. The number of halogens is 9. The lowest BCUT2D eigenvalue weighted by atomic mass is 9.77. The van der Waals surface area contributed by atoms with Gasteiger partial charge in [-0.15, -0.1) is 0 Å². The van der Waals surface area contributed by atoms with Crippen LogP contribution >= 0.6 is 130 Å². The number of esters is 4. The fourth-order valence-electron chi connectivity index (χ4n) is 19.1. The average Bonchev–Trinajstić information content (AvgIpc) is 1.56. The number of carbonyl (C=O) groups excluding carboxylic acids is 7. The molecule has 38 heteroatoms. The SMILES string of the molecule is CB(O)N1CCCC1(Cc1ccc(Br)cc1)C(=O)O.CCOC(=O)C1(Cc2ccc(Br)cc2)CCCN1.CCOC(=O)C1(Cc2ccc(Br)cc2)CCCN1B(C)O.CCOC(=O)C1(Cc2ccc(Br)cc2)CCCN1B(C)O.CCOC(=O)C1(Cc2ccc(Br)cc2)CCCN1C(=O)Nc1cc(Cl)nc(Cl)c1.Cc1cc(N2C(=O)N3CCCC3(Cc3ccc(Br)cc3)C2=O)cc(Cl)n1. The van der Waals surface area contributed by atoms with Gasteiger partial charge in [0.1, 0.15) is 48.7 Å². The van der Waals surface area contributed by atoms with Gasteiger partial charge in [0.05, 0.1) is 32.1 Å². The molecule has 0 saturated carbocycles. The Morgan fingerprint density at radius 2 is 0.761 bits per heavy atom. The van der Waals surface area contributed by atoms with E-state index in [1.54, 1.807) is 61.1 Å². The second-order valence-corrected chi connectivity index (χ2v) is 40.9. The first-order valence-corrected chi connectivity index (χ1v) is 50.9. The number of imide groups is 1. The summed E-state index contributed by atoms with van der Waals surface area (Å²) in [5.41, 5.74) is 2.90. The predicted octanol–water partition coefficient (Wildman–Crippen LogP) is 19.4. The molecule has 0 radical (unpaired) electrons. The quantitative estimate of drug-likeness (QED) is 0.00964. The number of urea groups is 2. The summed E-state index contributed by atoms with van der Waals surface area (Å²) >= 11 is 38.4. The number of fused-ring (bicyclic) bond motifs is 1. The van der Waals surface area contributed by atoms with E-state index in [2.05, 4.69) is 116 Å². The maximum atomic E-state index is 13.4. The minimum atomic E-state index is -1.07. The number of aromatic nitrogens is 2. The predicted molar refractivity (Wildman–Crippen MR) is 546 cm³/mol. The van der Waals surface area contributed by atoms with Gasteiger partial charge in [0.2, 0.25) is 0 Å². The summed E-state index contributed by atoms with van der Waals surface area (Å²) in [4.78, 5) is 120. The van der Waals surface area contributed by atoms with E-state index in [-0.39, 0.29) is 51.9 Å². The highest BCUT2D eigenvalue weighted by Crippen LogP contribution is 2.45. The number of hydrogen-bond acceptors (Lipinski definition) is 21. The second kappa shape index (κ2) is 50.1. The zero-order chi connectivity index (χ0) is 97.5. The molecule has 6 aromatic carbocycles. The summed E-state index contributed by atoms with van der Waals surface area (Å²) in [6.07, 6.45) is 12.3. The van der Waals surface area contributed by atoms with Crippen LogP contribution in [0.4, 0.5) is 21.0 Å². The zero-order valence-corrected chi connectivity index (χ0v) is 88.1. The van der Waals surface area contributed by atoms with Gasteiger partial charge in [-0.05, 0) is 289 Å². The minimum Gasteiger partial charge on any atom is -0.480 e. The van der Waals surface area contributed by atoms with Gasteiger partial charge in [0.15, 0.2) is 0 Å². The summed E-state index contributed by atoms with van der Waals surface area (Å²) < 4.78 is 27.2. The van der Waals surface area contributed by atoms with Crippen molar-refractivity contribution >= 4 is 211 Å². The molecule has 7 aliphatic heterocycles. The highest BCUT2D eigenvalue weighted by molar-refractivity contribution is 9.11. The lowest BCUT2D eigenvalue weighted by Gasteiger charge is -2.37. The van der Waals surface area contributed by atoms with E-state index in [1.807, 2.05) is 176 Å². The van der Waals surface area contributed by atoms with Gasteiger partial charge in [-0.1, -0.05) is 203 Å². The maximum absolute atomic E-state index is 13.4. The lowest BCUT2D eigenvalue weighted by Crippen LogP contribution is -2.57. The molecule has 6 unspecified atom stereocenters. The molecule has 7 saturated heterocycles. The number of anilines is 2. The van der Waals surface area contributed by atoms with E-state index in [0.29, 0.717) is 147 Å². The number of benzene rings is 6. The Bertz CT molecular complexity index is 5200. The summed E-state index contributed by atoms with van der Waals surface area (Å²) in [6, 6.07) is 52.8. The van der Waals surface area contributed by atoms with Gasteiger partial charge in [0, 0.05) is 89.8 Å². The standard InChI is InChI=1S/C20H20BrCl2N3O3.C19H17BrClN3O2.2C15H21BBrNO3.C14H18BrNO2.C13H17BBrNO3/c1-2-29-18(27)20(12-13-4-6-14(21)7-5-13)8-3-9-26(20)19(28)24-15-10-16(22)25-17(23)11-15;1-12-9-15(10-16(21)22-12)24-17(25)19(7-2-8-23(19)18(24)26)11-13-3-5-14(20)6-4-13;2*1-3-21-14(19)15(9-4-10-18(15)16(2)20)11-12-5-7-13(17)8-6-12;1-2-18-13(17)14(8-3-9-16-14)10-11-4-6-12(15)7-5-11;1-14(19)16-8-2-7-13(16,12(17)18)9-10-3-5-11(15)6-4-10/h4-7,10-11H,2-3,8-9,12H2,1H3,(H,24,25,28);3-6,9-10H,2,7-8,11H2,1H3;2*5-8,20H,3-4,9-11H2,1-2H3;4-7,16H,2-3,8-10H2,1H3;3-6,19H,2,7-9H2,1H3,(H,17,18). The average molecular weight is 2280 g/mol. The number of likely N-dealkylation sites (tertiary alicyclic amines) is 1. The van der Waals surface area contributed by atoms with Crippen molar-refractivity contribution in [2.75, 3.05) is 75.9 Å². The van der Waals surface area contributed by atoms with Crippen LogP contribution in [0.2, 0.25) is 35.9 Å². The van der Waals surface area contributed by atoms with Gasteiger partial charge < -0.3 is 74.0 Å². The van der Waals surface area contributed by atoms with Gasteiger partial charge in [-0.3, -0.25) is 24.0 Å². The molecule has 134 heavy (non-hydrogen) atoms. The van der Waals surface area contributed by atoms with E-state index in [9.17, 15) is 58.5 Å². The third kappa shape index (κ3) is 27.3. The summed E-state index contributed by atoms with van der Waals surface area (Å²) in [6.45, 7) is 19.4. The smallest absolute Gasteiger partial charge is 0.377 e. The third-order valence-electron chi connectivity index (χ3n) is 25.1. The van der Waals surface area contributed by atoms with Crippen LogP contribution in [-0.2, 0) is 86.2 Å². The third-order valence-corrected chi connectivity index (χ3v) is 28.9. The molecule has 7 aliphatic rings. The first-order valence-electron chi connectivity index (χ1n) is 45.1. The molecule has 0 aliphatic carbocycles. The largest absolute Gasteiger partial charge is 0.480 e. The Morgan fingerprint density at radius 3 is 1.14 bits per heavy atom. The van der Waals surface area contributed by atoms with Crippen LogP contribution in [0.25, 0.3) is 0 Å². The number of ether oxygens (including phenoxy) is 4. The summed E-state index contributed by atoms with van der Waals surface area (Å²) in [5, 5.41) is 46.2. The van der Waals surface area contributed by atoms with Crippen LogP contribution in [0.5, 0.6) is 0 Å². The molecule has 6 N–H and O–H groups in total. The fourth-order valence-corrected chi connectivity index (χ4v) is 21.4. The van der Waals surface area contributed by atoms with Gasteiger partial charge in [-0.2, -0.15) is 0 Å². The molecule has 8 aromatic rings. The lowest BCUT2D eigenvalue weighted by molar-refractivity contribution is -0.155. The minimum absolute atomic E-state index is 0.120. The van der Waals surface area contributed by atoms with Gasteiger partial charge in [0.25, 0.3) is 5.91 Å². The fraction of sp³-hybridized carbons (Fsp3) is 0.438. The number of carboxylic acids is 1.